The van der Waals surface area contributed by atoms with Crippen molar-refractivity contribution in [1.82, 2.24) is 0 Å². The molecular formula is C15H13FN2O3. The molecule has 0 saturated carbocycles. The zero-order chi connectivity index (χ0) is 14.8. The molecule has 0 bridgehead atoms. The Morgan fingerprint density at radius 3 is 2.81 bits per heavy atom. The van der Waals surface area contributed by atoms with Crippen molar-refractivity contribution in [2.24, 2.45) is 5.73 Å². The van der Waals surface area contributed by atoms with Gasteiger partial charge in [-0.15, -0.1) is 0 Å². The molecular weight excluding hydrogens is 275 g/mol. The highest BCUT2D eigenvalue weighted by atomic mass is 19.1. The molecule has 21 heavy (non-hydrogen) atoms. The van der Waals surface area contributed by atoms with Crippen LogP contribution in [0.5, 0.6) is 11.5 Å². The van der Waals surface area contributed by atoms with Gasteiger partial charge in [0.05, 0.1) is 0 Å². The molecule has 6 heteroatoms. The molecule has 3 rings (SSSR count). The molecule has 0 radical (unpaired) electrons. The summed E-state index contributed by atoms with van der Waals surface area (Å²) in [4.78, 5) is 12.2. The van der Waals surface area contributed by atoms with Gasteiger partial charge in [0.2, 0.25) is 6.79 Å². The lowest BCUT2D eigenvalue weighted by Crippen LogP contribution is -2.12. The fourth-order valence-electron chi connectivity index (χ4n) is 2.05. The summed E-state index contributed by atoms with van der Waals surface area (Å²) in [6.07, 6.45) is 0. The van der Waals surface area contributed by atoms with Crippen molar-refractivity contribution < 1.29 is 18.7 Å². The first-order valence-electron chi connectivity index (χ1n) is 6.37. The Hall–Kier alpha value is -2.60. The van der Waals surface area contributed by atoms with Gasteiger partial charge in [-0.1, -0.05) is 0 Å². The van der Waals surface area contributed by atoms with E-state index < -0.39 is 5.82 Å². The molecule has 2 aromatic carbocycles. The van der Waals surface area contributed by atoms with Crippen LogP contribution in [0.15, 0.2) is 36.4 Å². The molecule has 1 aliphatic rings. The first kappa shape index (κ1) is 13.4. The number of nitrogens with one attached hydrogen (secondary N) is 1. The van der Waals surface area contributed by atoms with Crippen molar-refractivity contribution in [3.63, 3.8) is 0 Å². The largest absolute Gasteiger partial charge is 0.454 e. The molecule has 0 saturated heterocycles. The SMILES string of the molecule is NCc1cc(NC(=O)c2ccc3c(c2)OCO3)ccc1F. The Kier molecular flexibility index (Phi) is 3.45. The van der Waals surface area contributed by atoms with Crippen LogP contribution in [0.3, 0.4) is 0 Å². The zero-order valence-electron chi connectivity index (χ0n) is 11.1. The standard InChI is InChI=1S/C15H13FN2O3/c16-12-3-2-11(5-10(12)7-17)18-15(19)9-1-4-13-14(6-9)21-8-20-13/h1-6H,7-8,17H2,(H,18,19). The smallest absolute Gasteiger partial charge is 0.255 e. The number of carbonyl (C=O) groups excluding carboxylic acids is 1. The van der Waals surface area contributed by atoms with E-state index in [1.54, 1.807) is 18.2 Å². The van der Waals surface area contributed by atoms with Crippen LogP contribution < -0.4 is 20.5 Å². The van der Waals surface area contributed by atoms with E-state index in [9.17, 15) is 9.18 Å². The van der Waals surface area contributed by atoms with E-state index in [1.807, 2.05) is 0 Å². The molecule has 0 aliphatic carbocycles. The van der Waals surface area contributed by atoms with E-state index in [-0.39, 0.29) is 19.2 Å². The summed E-state index contributed by atoms with van der Waals surface area (Å²) >= 11 is 0. The number of rotatable bonds is 3. The van der Waals surface area contributed by atoms with Crippen LogP contribution in [0.1, 0.15) is 15.9 Å². The summed E-state index contributed by atoms with van der Waals surface area (Å²) in [5.41, 5.74) is 6.70. The van der Waals surface area contributed by atoms with E-state index in [2.05, 4.69) is 5.32 Å². The fraction of sp³-hybridized carbons (Fsp3) is 0.133. The Labute approximate surface area is 120 Å². The molecule has 1 heterocycles. The van der Waals surface area contributed by atoms with Gasteiger partial charge in [-0.3, -0.25) is 4.79 Å². The number of anilines is 1. The monoisotopic (exact) mass is 288 g/mol. The lowest BCUT2D eigenvalue weighted by molar-refractivity contribution is 0.102. The highest BCUT2D eigenvalue weighted by Gasteiger charge is 2.16. The normalized spacial score (nSPS) is 12.3. The average Bonchev–Trinajstić information content (AvgIpc) is 2.96. The second-order valence-corrected chi connectivity index (χ2v) is 4.53. The first-order valence-corrected chi connectivity index (χ1v) is 6.37. The molecule has 108 valence electrons. The third-order valence-electron chi connectivity index (χ3n) is 3.16. The molecule has 0 aromatic heterocycles. The van der Waals surface area contributed by atoms with Gasteiger partial charge >= 0.3 is 0 Å². The number of hydrogen-bond donors (Lipinski definition) is 2. The Bertz CT molecular complexity index is 703. The van der Waals surface area contributed by atoms with Gasteiger partial charge in [-0.05, 0) is 36.4 Å². The average molecular weight is 288 g/mol. The fourth-order valence-corrected chi connectivity index (χ4v) is 2.05. The minimum Gasteiger partial charge on any atom is -0.454 e. The maximum Gasteiger partial charge on any atom is 0.255 e. The van der Waals surface area contributed by atoms with Gasteiger partial charge in [-0.25, -0.2) is 4.39 Å². The van der Waals surface area contributed by atoms with Gasteiger partial charge in [0, 0.05) is 23.4 Å². The van der Waals surface area contributed by atoms with Crippen molar-refractivity contribution >= 4 is 11.6 Å². The van der Waals surface area contributed by atoms with E-state index in [0.717, 1.165) is 0 Å². The van der Waals surface area contributed by atoms with Crippen molar-refractivity contribution in [3.8, 4) is 11.5 Å². The second-order valence-electron chi connectivity index (χ2n) is 4.53. The Morgan fingerprint density at radius 1 is 1.19 bits per heavy atom. The number of amides is 1. The maximum absolute atomic E-state index is 13.4. The molecule has 0 spiro atoms. The van der Waals surface area contributed by atoms with Crippen molar-refractivity contribution in [3.05, 3.63) is 53.3 Å². The number of ether oxygens (including phenoxy) is 2. The van der Waals surface area contributed by atoms with Crippen LogP contribution in [-0.2, 0) is 6.54 Å². The first-order chi connectivity index (χ1) is 10.2. The van der Waals surface area contributed by atoms with Crippen LogP contribution in [0, 0.1) is 5.82 Å². The zero-order valence-corrected chi connectivity index (χ0v) is 11.1. The minimum absolute atomic E-state index is 0.0690. The van der Waals surface area contributed by atoms with E-state index in [1.165, 1.54) is 18.2 Å². The third kappa shape index (κ3) is 2.66. The molecule has 0 fully saturated rings. The van der Waals surface area contributed by atoms with Crippen molar-refractivity contribution in [1.29, 1.82) is 0 Å². The van der Waals surface area contributed by atoms with Gasteiger partial charge in [-0.2, -0.15) is 0 Å². The number of carbonyl (C=O) groups is 1. The summed E-state index contributed by atoms with van der Waals surface area (Å²) in [7, 11) is 0. The third-order valence-corrected chi connectivity index (χ3v) is 3.16. The molecule has 2 aromatic rings. The lowest BCUT2D eigenvalue weighted by Gasteiger charge is -2.08. The van der Waals surface area contributed by atoms with Gasteiger partial charge in [0.15, 0.2) is 11.5 Å². The predicted octanol–water partition coefficient (Wildman–Crippen LogP) is 2.27. The minimum atomic E-state index is -0.390. The number of benzene rings is 2. The van der Waals surface area contributed by atoms with Crippen LogP contribution >= 0.6 is 0 Å². The van der Waals surface area contributed by atoms with Gasteiger partial charge in [0.25, 0.3) is 5.91 Å². The molecule has 0 atom stereocenters. The topological polar surface area (TPSA) is 73.6 Å². The van der Waals surface area contributed by atoms with Crippen LogP contribution in [0.4, 0.5) is 10.1 Å². The molecule has 1 aliphatic heterocycles. The van der Waals surface area contributed by atoms with Gasteiger partial charge < -0.3 is 20.5 Å². The van der Waals surface area contributed by atoms with Gasteiger partial charge in [0.1, 0.15) is 5.82 Å². The molecule has 0 unspecified atom stereocenters. The quantitative estimate of drug-likeness (QED) is 0.908. The van der Waals surface area contributed by atoms with Crippen LogP contribution in [-0.4, -0.2) is 12.7 Å². The van der Waals surface area contributed by atoms with E-state index in [4.69, 9.17) is 15.2 Å². The summed E-state index contributed by atoms with van der Waals surface area (Å²) in [6, 6.07) is 9.19. The maximum atomic E-state index is 13.4. The number of hydrogen-bond acceptors (Lipinski definition) is 4. The summed E-state index contributed by atoms with van der Waals surface area (Å²) in [6.45, 7) is 0.220. The summed E-state index contributed by atoms with van der Waals surface area (Å²) in [5, 5.41) is 2.69. The lowest BCUT2D eigenvalue weighted by atomic mass is 10.1. The predicted molar refractivity (Wildman–Crippen MR) is 74.8 cm³/mol. The van der Waals surface area contributed by atoms with Crippen LogP contribution in [0.2, 0.25) is 0 Å². The molecule has 1 amide bonds. The summed E-state index contributed by atoms with van der Waals surface area (Å²) < 4.78 is 23.8. The van der Waals surface area contributed by atoms with Crippen molar-refractivity contribution in [2.45, 2.75) is 6.54 Å². The van der Waals surface area contributed by atoms with Crippen molar-refractivity contribution in [2.75, 3.05) is 12.1 Å². The summed E-state index contributed by atoms with van der Waals surface area (Å²) in [5.74, 6) is 0.435. The van der Waals surface area contributed by atoms with Crippen LogP contribution in [0.25, 0.3) is 0 Å². The second kappa shape index (κ2) is 5.41. The Morgan fingerprint density at radius 2 is 2.00 bits per heavy atom. The molecule has 3 N–H and O–H groups in total. The highest BCUT2D eigenvalue weighted by molar-refractivity contribution is 6.04. The number of halogens is 1. The number of nitrogens with two attached hydrogens (primary N) is 1. The molecule has 5 nitrogen and oxygen atoms in total. The van der Waals surface area contributed by atoms with E-state index in [0.29, 0.717) is 28.3 Å². The number of fused-ring (bicyclic) bond motifs is 1. The van der Waals surface area contributed by atoms with E-state index >= 15 is 0 Å². The Balaban J connectivity index is 1.80. The highest BCUT2D eigenvalue weighted by Crippen LogP contribution is 2.32.